The van der Waals surface area contributed by atoms with Gasteiger partial charge in [0.05, 0.1) is 21.3 Å². The highest BCUT2D eigenvalue weighted by Gasteiger charge is 2.37. The molecule has 0 saturated carbocycles. The summed E-state index contributed by atoms with van der Waals surface area (Å²) in [6.07, 6.45) is 6.22. The molecular weight excluding hydrogens is 494 g/mol. The van der Waals surface area contributed by atoms with Crippen LogP contribution in [-0.4, -0.2) is 60.2 Å². The second-order valence-corrected chi connectivity index (χ2v) is 16.3. The number of aryl methyl sites for hydroxylation is 1. The number of esters is 1. The van der Waals surface area contributed by atoms with E-state index in [1.54, 1.807) is 14.2 Å². The van der Waals surface area contributed by atoms with Crippen molar-refractivity contribution < 1.29 is 23.4 Å². The second kappa shape index (κ2) is 13.0. The first kappa shape index (κ1) is 29.9. The molecular formula is C31H45NO5Si. The predicted molar refractivity (Wildman–Crippen MR) is 157 cm³/mol. The van der Waals surface area contributed by atoms with Gasteiger partial charge in [-0.2, -0.15) is 0 Å². The lowest BCUT2D eigenvalue weighted by molar-refractivity contribution is -0.134. The Morgan fingerprint density at radius 1 is 1.05 bits per heavy atom. The van der Waals surface area contributed by atoms with Gasteiger partial charge in [0.2, 0.25) is 0 Å². The van der Waals surface area contributed by atoms with Crippen LogP contribution in [-0.2, 0) is 26.8 Å². The smallest absolute Gasteiger partial charge is 0.330 e. The molecule has 0 heterocycles. The Hall–Kier alpha value is -2.61. The molecule has 1 unspecified atom stereocenters. The summed E-state index contributed by atoms with van der Waals surface area (Å²) in [5, 5.41) is 0.180. The molecule has 0 aliphatic heterocycles. The van der Waals surface area contributed by atoms with Crippen molar-refractivity contribution in [2.75, 3.05) is 41.0 Å². The number of ether oxygens (including phenoxy) is 3. The van der Waals surface area contributed by atoms with E-state index in [1.165, 1.54) is 24.3 Å². The Morgan fingerprint density at radius 2 is 1.82 bits per heavy atom. The molecule has 1 atom stereocenters. The molecule has 0 bridgehead atoms. The van der Waals surface area contributed by atoms with Crippen molar-refractivity contribution in [2.45, 2.75) is 64.2 Å². The quantitative estimate of drug-likeness (QED) is 0.176. The lowest BCUT2D eigenvalue weighted by Crippen LogP contribution is -2.43. The number of carbonyl (C=O) groups excluding carboxylic acids is 1. The third kappa shape index (κ3) is 7.49. The lowest BCUT2D eigenvalue weighted by Gasteiger charge is -2.37. The van der Waals surface area contributed by atoms with Crippen LogP contribution in [0.15, 0.2) is 42.5 Å². The molecule has 0 spiro atoms. The maximum absolute atomic E-state index is 11.5. The molecule has 7 heteroatoms. The minimum Gasteiger partial charge on any atom is -0.497 e. The number of fused-ring (bicyclic) bond motifs is 1. The van der Waals surface area contributed by atoms with Crippen LogP contribution in [0.1, 0.15) is 55.5 Å². The number of hydrogen-bond donors (Lipinski definition) is 0. The number of carbonyl (C=O) groups is 1. The van der Waals surface area contributed by atoms with Crippen molar-refractivity contribution in [3.63, 3.8) is 0 Å². The fraction of sp³-hybridized carbons (Fsp3) is 0.516. The summed E-state index contributed by atoms with van der Waals surface area (Å²) in [6.45, 7) is 13.9. The van der Waals surface area contributed by atoms with Gasteiger partial charge >= 0.3 is 5.97 Å². The van der Waals surface area contributed by atoms with E-state index in [9.17, 15) is 4.79 Å². The van der Waals surface area contributed by atoms with E-state index in [1.807, 2.05) is 18.2 Å². The molecule has 0 saturated heterocycles. The van der Waals surface area contributed by atoms with E-state index in [2.05, 4.69) is 63.0 Å². The van der Waals surface area contributed by atoms with Gasteiger partial charge in [-0.3, -0.25) is 4.90 Å². The molecule has 0 radical (unpaired) electrons. The highest BCUT2D eigenvalue weighted by atomic mass is 28.4. The monoisotopic (exact) mass is 539 g/mol. The molecule has 0 aromatic heterocycles. The van der Waals surface area contributed by atoms with Gasteiger partial charge in [-0.05, 0) is 83.9 Å². The molecule has 0 amide bonds. The summed E-state index contributed by atoms with van der Waals surface area (Å²) in [7, 11) is 2.97. The highest BCUT2D eigenvalue weighted by Crippen LogP contribution is 2.38. The van der Waals surface area contributed by atoms with Crippen LogP contribution in [0.2, 0.25) is 18.1 Å². The minimum atomic E-state index is -1.83. The molecule has 0 N–H and O–H groups in total. The first-order valence-corrected chi connectivity index (χ1v) is 16.4. The summed E-state index contributed by atoms with van der Waals surface area (Å²) in [6, 6.07) is 12.8. The fourth-order valence-corrected chi connectivity index (χ4v) is 5.76. The Labute approximate surface area is 230 Å². The number of hydrogen-bond acceptors (Lipinski definition) is 6. The average Bonchev–Trinajstić information content (AvgIpc) is 3.31. The second-order valence-electron chi connectivity index (χ2n) is 11.4. The molecule has 3 rings (SSSR count). The van der Waals surface area contributed by atoms with Gasteiger partial charge in [0, 0.05) is 31.8 Å². The normalized spacial score (nSPS) is 15.7. The van der Waals surface area contributed by atoms with Gasteiger partial charge in [0.25, 0.3) is 0 Å². The van der Waals surface area contributed by atoms with Crippen molar-refractivity contribution in [1.82, 2.24) is 4.90 Å². The van der Waals surface area contributed by atoms with Crippen molar-refractivity contribution in [3.05, 3.63) is 64.7 Å². The van der Waals surface area contributed by atoms with E-state index in [-0.39, 0.29) is 11.0 Å². The number of nitrogens with zero attached hydrogens (tertiary/aromatic N) is 1. The Kier molecular flexibility index (Phi) is 10.2. The first-order chi connectivity index (χ1) is 18.0. The first-order valence-electron chi connectivity index (χ1n) is 13.5. The molecule has 38 heavy (non-hydrogen) atoms. The SMILES string of the molecule is COC(=O)/C=C/c1ccc2c(c1)CCC2N(CCO[Si](C)(C)C(C)(C)C)CCc1cc(OC)ccc1OC. The fourth-order valence-electron chi connectivity index (χ4n) is 4.73. The maximum atomic E-state index is 11.5. The highest BCUT2D eigenvalue weighted by molar-refractivity contribution is 6.74. The zero-order valence-corrected chi connectivity index (χ0v) is 25.4. The van der Waals surface area contributed by atoms with Crippen LogP contribution < -0.4 is 9.47 Å². The Morgan fingerprint density at radius 3 is 2.47 bits per heavy atom. The van der Waals surface area contributed by atoms with E-state index >= 15 is 0 Å². The van der Waals surface area contributed by atoms with Gasteiger partial charge in [0.15, 0.2) is 8.32 Å². The Balaban J connectivity index is 1.81. The molecule has 1 aliphatic carbocycles. The summed E-state index contributed by atoms with van der Waals surface area (Å²) in [5.41, 5.74) is 4.87. The topological polar surface area (TPSA) is 57.2 Å². The summed E-state index contributed by atoms with van der Waals surface area (Å²) in [5.74, 6) is 1.38. The minimum absolute atomic E-state index is 0.180. The molecule has 1 aliphatic rings. The van der Waals surface area contributed by atoms with E-state index in [4.69, 9.17) is 18.6 Å². The van der Waals surface area contributed by atoms with Crippen molar-refractivity contribution >= 4 is 20.4 Å². The molecule has 208 valence electrons. The maximum Gasteiger partial charge on any atom is 0.330 e. The largest absolute Gasteiger partial charge is 0.497 e. The third-order valence-corrected chi connectivity index (χ3v) is 12.6. The standard InChI is InChI=1S/C31H45NO5Si/c1-31(2,3)38(7,8)37-20-19-32(18-17-25-22-26(34-4)12-15-29(25)35-5)28-14-11-24-21-23(9-13-27(24)28)10-16-30(33)36-6/h9-10,12-13,15-16,21-22,28H,11,14,17-20H2,1-8H3/b16-10+. The van der Waals surface area contributed by atoms with Crippen molar-refractivity contribution in [2.24, 2.45) is 0 Å². The van der Waals surface area contributed by atoms with Crippen molar-refractivity contribution in [3.8, 4) is 11.5 Å². The zero-order valence-electron chi connectivity index (χ0n) is 24.4. The number of rotatable bonds is 12. The van der Waals surface area contributed by atoms with Crippen LogP contribution >= 0.6 is 0 Å². The van der Waals surface area contributed by atoms with Crippen LogP contribution in [0.3, 0.4) is 0 Å². The molecule has 2 aromatic carbocycles. The van der Waals surface area contributed by atoms with Gasteiger partial charge in [-0.15, -0.1) is 0 Å². The van der Waals surface area contributed by atoms with Crippen LogP contribution in [0, 0.1) is 0 Å². The molecule has 0 fully saturated rings. The van der Waals surface area contributed by atoms with Crippen LogP contribution in [0.5, 0.6) is 11.5 Å². The number of methoxy groups -OCH3 is 3. The average molecular weight is 540 g/mol. The van der Waals surface area contributed by atoms with Crippen molar-refractivity contribution in [1.29, 1.82) is 0 Å². The van der Waals surface area contributed by atoms with E-state index in [0.717, 1.165) is 61.6 Å². The van der Waals surface area contributed by atoms with Gasteiger partial charge in [-0.25, -0.2) is 4.79 Å². The van der Waals surface area contributed by atoms with E-state index < -0.39 is 8.32 Å². The number of benzene rings is 2. The van der Waals surface area contributed by atoms with Crippen LogP contribution in [0.25, 0.3) is 6.08 Å². The third-order valence-electron chi connectivity index (χ3n) is 8.07. The zero-order chi connectivity index (χ0) is 27.9. The molecule has 6 nitrogen and oxygen atoms in total. The van der Waals surface area contributed by atoms with Gasteiger partial charge < -0.3 is 18.6 Å². The van der Waals surface area contributed by atoms with Crippen LogP contribution in [0.4, 0.5) is 0 Å². The van der Waals surface area contributed by atoms with E-state index in [0.29, 0.717) is 6.04 Å². The van der Waals surface area contributed by atoms with Gasteiger partial charge in [-0.1, -0.05) is 39.0 Å². The summed E-state index contributed by atoms with van der Waals surface area (Å²) >= 11 is 0. The predicted octanol–water partition coefficient (Wildman–Crippen LogP) is 6.44. The summed E-state index contributed by atoms with van der Waals surface area (Å²) < 4.78 is 22.4. The Bertz CT molecular complexity index is 1120. The summed E-state index contributed by atoms with van der Waals surface area (Å²) in [4.78, 5) is 14.1. The lowest BCUT2D eigenvalue weighted by atomic mass is 10.0. The molecule has 2 aromatic rings. The van der Waals surface area contributed by atoms with Gasteiger partial charge in [0.1, 0.15) is 11.5 Å².